The number of carboxylic acid groups (broad SMARTS) is 1. The van der Waals surface area contributed by atoms with Crippen molar-refractivity contribution < 1.29 is 19.7 Å². The third kappa shape index (κ3) is 4.33. The molecule has 0 aliphatic rings. The summed E-state index contributed by atoms with van der Waals surface area (Å²) >= 11 is 0. The smallest absolute Gasteiger partial charge is 0.404 e. The maximum Gasteiger partial charge on any atom is 0.404 e. The molecule has 1 rings (SSSR count). The quantitative estimate of drug-likeness (QED) is 0.673. The molecule has 82 valence electrons. The van der Waals surface area contributed by atoms with Crippen molar-refractivity contribution in [3.05, 3.63) is 29.8 Å². The molecular formula is C10H13NO4. The monoisotopic (exact) mass is 211 g/mol. The van der Waals surface area contributed by atoms with Crippen LogP contribution in [0.1, 0.15) is 5.56 Å². The van der Waals surface area contributed by atoms with Crippen LogP contribution in [0.4, 0.5) is 4.79 Å². The lowest BCUT2D eigenvalue weighted by Gasteiger charge is -2.05. The van der Waals surface area contributed by atoms with Gasteiger partial charge < -0.3 is 20.3 Å². The van der Waals surface area contributed by atoms with Crippen LogP contribution in [-0.4, -0.2) is 29.5 Å². The highest BCUT2D eigenvalue weighted by atomic mass is 16.5. The van der Waals surface area contributed by atoms with Gasteiger partial charge in [0.2, 0.25) is 0 Å². The average Bonchev–Trinajstić information content (AvgIpc) is 2.25. The molecule has 0 heterocycles. The Morgan fingerprint density at radius 2 is 2.00 bits per heavy atom. The molecular weight excluding hydrogens is 198 g/mol. The van der Waals surface area contributed by atoms with E-state index in [-0.39, 0.29) is 19.8 Å². The Morgan fingerprint density at radius 1 is 1.33 bits per heavy atom. The molecule has 1 aromatic rings. The summed E-state index contributed by atoms with van der Waals surface area (Å²) in [6.07, 6.45) is -1.05. The fourth-order valence-corrected chi connectivity index (χ4v) is 1.04. The zero-order valence-corrected chi connectivity index (χ0v) is 8.14. The molecule has 0 aromatic heterocycles. The first-order valence-corrected chi connectivity index (χ1v) is 4.52. The molecule has 0 radical (unpaired) electrons. The molecule has 0 saturated carbocycles. The minimum absolute atomic E-state index is 0.0255. The number of rotatable bonds is 5. The molecule has 0 fully saturated rings. The third-order valence-electron chi connectivity index (χ3n) is 1.73. The van der Waals surface area contributed by atoms with Gasteiger partial charge in [-0.3, -0.25) is 0 Å². The van der Waals surface area contributed by atoms with E-state index in [1.165, 1.54) is 0 Å². The summed E-state index contributed by atoms with van der Waals surface area (Å²) < 4.78 is 5.15. The van der Waals surface area contributed by atoms with Gasteiger partial charge in [-0.15, -0.1) is 0 Å². The van der Waals surface area contributed by atoms with E-state index >= 15 is 0 Å². The molecule has 0 atom stereocenters. The predicted octanol–water partition coefficient (Wildman–Crippen LogP) is 0.825. The summed E-state index contributed by atoms with van der Waals surface area (Å²) in [7, 11) is 0. The summed E-state index contributed by atoms with van der Waals surface area (Å²) in [4.78, 5) is 10.2. The van der Waals surface area contributed by atoms with Gasteiger partial charge >= 0.3 is 6.09 Å². The van der Waals surface area contributed by atoms with Crippen molar-refractivity contribution in [1.82, 2.24) is 5.32 Å². The normalized spacial score (nSPS) is 9.67. The number of benzene rings is 1. The lowest BCUT2D eigenvalue weighted by atomic mass is 10.2. The first kappa shape index (κ1) is 11.3. The Hall–Kier alpha value is -1.75. The summed E-state index contributed by atoms with van der Waals surface area (Å²) in [5, 5.41) is 19.2. The van der Waals surface area contributed by atoms with Crippen LogP contribution >= 0.6 is 0 Å². The predicted molar refractivity (Wildman–Crippen MR) is 53.9 cm³/mol. The minimum atomic E-state index is -1.05. The van der Waals surface area contributed by atoms with Gasteiger partial charge in [0, 0.05) is 6.54 Å². The van der Waals surface area contributed by atoms with Crippen molar-refractivity contribution in [2.24, 2.45) is 0 Å². The van der Waals surface area contributed by atoms with Crippen LogP contribution < -0.4 is 10.1 Å². The Morgan fingerprint density at radius 3 is 2.53 bits per heavy atom. The average molecular weight is 211 g/mol. The zero-order valence-electron chi connectivity index (χ0n) is 8.14. The van der Waals surface area contributed by atoms with Crippen LogP contribution in [0.25, 0.3) is 0 Å². The van der Waals surface area contributed by atoms with Crippen molar-refractivity contribution in [2.75, 3.05) is 13.2 Å². The topological polar surface area (TPSA) is 78.8 Å². The fourth-order valence-electron chi connectivity index (χ4n) is 1.04. The highest BCUT2D eigenvalue weighted by Gasteiger charge is 1.97. The molecule has 15 heavy (non-hydrogen) atoms. The SMILES string of the molecule is O=C(O)NCc1ccc(OCCO)cc1. The number of amides is 1. The number of hydrogen-bond donors (Lipinski definition) is 3. The van der Waals surface area contributed by atoms with E-state index in [4.69, 9.17) is 14.9 Å². The molecule has 0 spiro atoms. The maximum atomic E-state index is 10.2. The van der Waals surface area contributed by atoms with E-state index in [1.807, 2.05) is 0 Å². The highest BCUT2D eigenvalue weighted by Crippen LogP contribution is 2.11. The van der Waals surface area contributed by atoms with Crippen molar-refractivity contribution in [3.8, 4) is 5.75 Å². The number of nitrogens with one attached hydrogen (secondary N) is 1. The standard InChI is InChI=1S/C10H13NO4/c12-5-6-15-9-3-1-8(2-4-9)7-11-10(13)14/h1-4,11-12H,5-7H2,(H,13,14). The summed E-state index contributed by atoms with van der Waals surface area (Å²) in [5.41, 5.74) is 0.855. The second kappa shape index (κ2) is 5.87. The van der Waals surface area contributed by atoms with Gasteiger partial charge in [0.15, 0.2) is 0 Å². The number of ether oxygens (including phenoxy) is 1. The van der Waals surface area contributed by atoms with Gasteiger partial charge in [-0.2, -0.15) is 0 Å². The van der Waals surface area contributed by atoms with Crippen LogP contribution in [0, 0.1) is 0 Å². The lowest BCUT2D eigenvalue weighted by Crippen LogP contribution is -2.19. The molecule has 0 aliphatic carbocycles. The molecule has 1 amide bonds. The molecule has 5 nitrogen and oxygen atoms in total. The van der Waals surface area contributed by atoms with E-state index in [2.05, 4.69) is 5.32 Å². The third-order valence-corrected chi connectivity index (χ3v) is 1.73. The number of carbonyl (C=O) groups is 1. The Kier molecular flexibility index (Phi) is 4.43. The van der Waals surface area contributed by atoms with Gasteiger partial charge in [0.25, 0.3) is 0 Å². The summed E-state index contributed by atoms with van der Waals surface area (Å²) in [6.45, 7) is 0.505. The van der Waals surface area contributed by atoms with Crippen molar-refractivity contribution in [3.63, 3.8) is 0 Å². The first-order chi connectivity index (χ1) is 7.22. The van der Waals surface area contributed by atoms with Crippen LogP contribution in [0.3, 0.4) is 0 Å². The molecule has 0 bridgehead atoms. The second-order valence-corrected chi connectivity index (χ2v) is 2.87. The number of aliphatic hydroxyl groups is 1. The van der Waals surface area contributed by atoms with Crippen LogP contribution in [0.5, 0.6) is 5.75 Å². The lowest BCUT2D eigenvalue weighted by molar-refractivity contribution is 0.194. The van der Waals surface area contributed by atoms with Gasteiger partial charge in [0.1, 0.15) is 12.4 Å². The maximum absolute atomic E-state index is 10.2. The minimum Gasteiger partial charge on any atom is -0.491 e. The van der Waals surface area contributed by atoms with E-state index in [0.717, 1.165) is 5.56 Å². The Labute approximate surface area is 87.3 Å². The van der Waals surface area contributed by atoms with Crippen molar-refractivity contribution >= 4 is 6.09 Å². The molecule has 1 aromatic carbocycles. The van der Waals surface area contributed by atoms with E-state index in [0.29, 0.717) is 5.75 Å². The largest absolute Gasteiger partial charge is 0.491 e. The van der Waals surface area contributed by atoms with Crippen molar-refractivity contribution in [2.45, 2.75) is 6.54 Å². The zero-order chi connectivity index (χ0) is 11.1. The van der Waals surface area contributed by atoms with Crippen LogP contribution in [-0.2, 0) is 6.54 Å². The van der Waals surface area contributed by atoms with Crippen molar-refractivity contribution in [1.29, 1.82) is 0 Å². The summed E-state index contributed by atoms with van der Waals surface area (Å²) in [6, 6.07) is 6.99. The fraction of sp³-hybridized carbons (Fsp3) is 0.300. The van der Waals surface area contributed by atoms with E-state index in [1.54, 1.807) is 24.3 Å². The van der Waals surface area contributed by atoms with Gasteiger partial charge in [-0.1, -0.05) is 12.1 Å². The van der Waals surface area contributed by atoms with Crippen LogP contribution in [0.2, 0.25) is 0 Å². The number of aliphatic hydroxyl groups excluding tert-OH is 1. The molecule has 3 N–H and O–H groups in total. The first-order valence-electron chi connectivity index (χ1n) is 4.52. The highest BCUT2D eigenvalue weighted by molar-refractivity contribution is 5.64. The molecule has 5 heteroatoms. The molecule has 0 saturated heterocycles. The number of hydrogen-bond acceptors (Lipinski definition) is 3. The van der Waals surface area contributed by atoms with E-state index < -0.39 is 6.09 Å². The molecule has 0 unspecified atom stereocenters. The van der Waals surface area contributed by atoms with Gasteiger partial charge in [-0.25, -0.2) is 4.79 Å². The Balaban J connectivity index is 2.45. The second-order valence-electron chi connectivity index (χ2n) is 2.87. The van der Waals surface area contributed by atoms with Gasteiger partial charge in [-0.05, 0) is 17.7 Å². The molecule has 0 aliphatic heterocycles. The van der Waals surface area contributed by atoms with Gasteiger partial charge in [0.05, 0.1) is 6.61 Å². The summed E-state index contributed by atoms with van der Waals surface area (Å²) in [5.74, 6) is 0.656. The van der Waals surface area contributed by atoms with Crippen LogP contribution in [0.15, 0.2) is 24.3 Å². The van der Waals surface area contributed by atoms with E-state index in [9.17, 15) is 4.79 Å². The Bertz CT molecular complexity index is 310.